The van der Waals surface area contributed by atoms with E-state index in [4.69, 9.17) is 9.47 Å². The second-order valence-electron chi connectivity index (χ2n) is 4.83. The Labute approximate surface area is 99.9 Å². The Kier molecular flexibility index (Phi) is 7.01. The lowest BCUT2D eigenvalue weighted by Crippen LogP contribution is -2.33. The quantitative estimate of drug-likeness (QED) is 0.693. The predicted octanol–water partition coefficient (Wildman–Crippen LogP) is 2.35. The molecule has 0 aromatic rings. The number of hydrogen-bond donors (Lipinski definition) is 1. The summed E-state index contributed by atoms with van der Waals surface area (Å²) in [4.78, 5) is 0. The van der Waals surface area contributed by atoms with Crippen LogP contribution < -0.4 is 5.32 Å². The first-order chi connectivity index (χ1) is 7.72. The highest BCUT2D eigenvalue weighted by atomic mass is 16.5. The zero-order valence-corrected chi connectivity index (χ0v) is 11.0. The summed E-state index contributed by atoms with van der Waals surface area (Å²) in [5.41, 5.74) is 0. The van der Waals surface area contributed by atoms with Crippen molar-refractivity contribution in [2.24, 2.45) is 0 Å². The van der Waals surface area contributed by atoms with Crippen molar-refractivity contribution in [3.05, 3.63) is 0 Å². The van der Waals surface area contributed by atoms with E-state index >= 15 is 0 Å². The summed E-state index contributed by atoms with van der Waals surface area (Å²) < 4.78 is 11.3. The maximum atomic E-state index is 5.68. The van der Waals surface area contributed by atoms with Crippen LogP contribution in [0, 0.1) is 0 Å². The molecule has 0 spiro atoms. The standard InChI is InChI=1S/C13H27NO2/c1-4-14-12(7-9-15-11(2)3)10-13-6-5-8-16-13/h11-14H,4-10H2,1-3H3. The van der Waals surface area contributed by atoms with Gasteiger partial charge in [0.15, 0.2) is 0 Å². The zero-order valence-electron chi connectivity index (χ0n) is 11.0. The van der Waals surface area contributed by atoms with Crippen molar-refractivity contribution in [1.29, 1.82) is 0 Å². The molecule has 3 nitrogen and oxygen atoms in total. The van der Waals surface area contributed by atoms with Crippen LogP contribution in [0.25, 0.3) is 0 Å². The minimum Gasteiger partial charge on any atom is -0.379 e. The number of ether oxygens (including phenoxy) is 2. The lowest BCUT2D eigenvalue weighted by molar-refractivity contribution is 0.0597. The third kappa shape index (κ3) is 5.83. The van der Waals surface area contributed by atoms with E-state index in [9.17, 15) is 0 Å². The van der Waals surface area contributed by atoms with Crippen molar-refractivity contribution < 1.29 is 9.47 Å². The SMILES string of the molecule is CCNC(CCOC(C)C)CC1CCCO1. The average Bonchev–Trinajstić information content (AvgIpc) is 2.70. The first-order valence-electron chi connectivity index (χ1n) is 6.69. The van der Waals surface area contributed by atoms with Gasteiger partial charge >= 0.3 is 0 Å². The van der Waals surface area contributed by atoms with Gasteiger partial charge in [0.2, 0.25) is 0 Å². The Bertz CT molecular complexity index is 167. The molecule has 0 aromatic carbocycles. The van der Waals surface area contributed by atoms with Crippen LogP contribution >= 0.6 is 0 Å². The van der Waals surface area contributed by atoms with E-state index in [1.54, 1.807) is 0 Å². The summed E-state index contributed by atoms with van der Waals surface area (Å²) in [5, 5.41) is 3.52. The molecular weight excluding hydrogens is 202 g/mol. The zero-order chi connectivity index (χ0) is 11.8. The summed E-state index contributed by atoms with van der Waals surface area (Å²) in [7, 11) is 0. The summed E-state index contributed by atoms with van der Waals surface area (Å²) in [6.07, 6.45) is 5.49. The van der Waals surface area contributed by atoms with Gasteiger partial charge < -0.3 is 14.8 Å². The normalized spacial score (nSPS) is 22.9. The molecule has 96 valence electrons. The fourth-order valence-electron chi connectivity index (χ4n) is 2.19. The van der Waals surface area contributed by atoms with E-state index in [0.29, 0.717) is 18.2 Å². The molecule has 1 saturated heterocycles. The Morgan fingerprint density at radius 1 is 1.44 bits per heavy atom. The van der Waals surface area contributed by atoms with E-state index in [1.165, 1.54) is 12.8 Å². The minimum absolute atomic E-state index is 0.338. The van der Waals surface area contributed by atoms with Crippen LogP contribution in [-0.2, 0) is 9.47 Å². The molecule has 0 saturated carbocycles. The van der Waals surface area contributed by atoms with Gasteiger partial charge in [0.25, 0.3) is 0 Å². The Morgan fingerprint density at radius 2 is 2.25 bits per heavy atom. The van der Waals surface area contributed by atoms with E-state index in [1.807, 2.05) is 0 Å². The van der Waals surface area contributed by atoms with Crippen LogP contribution in [-0.4, -0.2) is 38.0 Å². The number of hydrogen-bond acceptors (Lipinski definition) is 3. The lowest BCUT2D eigenvalue weighted by Gasteiger charge is -2.21. The summed E-state index contributed by atoms with van der Waals surface area (Å²) >= 11 is 0. The van der Waals surface area contributed by atoms with Gasteiger partial charge in [0, 0.05) is 19.3 Å². The smallest absolute Gasteiger partial charge is 0.0590 e. The van der Waals surface area contributed by atoms with Crippen molar-refractivity contribution in [2.75, 3.05) is 19.8 Å². The van der Waals surface area contributed by atoms with Gasteiger partial charge in [-0.25, -0.2) is 0 Å². The van der Waals surface area contributed by atoms with Crippen molar-refractivity contribution in [3.63, 3.8) is 0 Å². The van der Waals surface area contributed by atoms with E-state index in [0.717, 1.165) is 32.6 Å². The summed E-state index contributed by atoms with van der Waals surface area (Å²) in [6.45, 7) is 9.16. The van der Waals surface area contributed by atoms with Crippen molar-refractivity contribution in [1.82, 2.24) is 5.32 Å². The third-order valence-corrected chi connectivity index (χ3v) is 2.98. The van der Waals surface area contributed by atoms with Crippen LogP contribution in [0.5, 0.6) is 0 Å². The van der Waals surface area contributed by atoms with Gasteiger partial charge in [0.1, 0.15) is 0 Å². The first-order valence-corrected chi connectivity index (χ1v) is 6.69. The maximum Gasteiger partial charge on any atom is 0.0590 e. The monoisotopic (exact) mass is 229 g/mol. The maximum absolute atomic E-state index is 5.68. The van der Waals surface area contributed by atoms with Crippen LogP contribution in [0.1, 0.15) is 46.5 Å². The molecular formula is C13H27NO2. The van der Waals surface area contributed by atoms with Gasteiger partial charge in [-0.3, -0.25) is 0 Å². The van der Waals surface area contributed by atoms with Crippen LogP contribution in [0.2, 0.25) is 0 Å². The molecule has 2 atom stereocenters. The Hall–Kier alpha value is -0.120. The minimum atomic E-state index is 0.338. The molecule has 1 aliphatic rings. The molecule has 16 heavy (non-hydrogen) atoms. The molecule has 0 aromatic heterocycles. The van der Waals surface area contributed by atoms with Gasteiger partial charge in [-0.05, 0) is 46.1 Å². The molecule has 0 aliphatic carbocycles. The van der Waals surface area contributed by atoms with Crippen molar-refractivity contribution >= 4 is 0 Å². The molecule has 1 aliphatic heterocycles. The topological polar surface area (TPSA) is 30.5 Å². The fraction of sp³-hybridized carbons (Fsp3) is 1.00. The van der Waals surface area contributed by atoms with E-state index < -0.39 is 0 Å². The van der Waals surface area contributed by atoms with E-state index in [-0.39, 0.29) is 0 Å². The third-order valence-electron chi connectivity index (χ3n) is 2.98. The molecule has 1 rings (SSSR count). The highest BCUT2D eigenvalue weighted by Gasteiger charge is 2.20. The van der Waals surface area contributed by atoms with Gasteiger partial charge in [0.05, 0.1) is 12.2 Å². The first kappa shape index (κ1) is 13.9. The molecule has 1 heterocycles. The van der Waals surface area contributed by atoms with Gasteiger partial charge in [-0.2, -0.15) is 0 Å². The average molecular weight is 229 g/mol. The predicted molar refractivity (Wildman–Crippen MR) is 66.8 cm³/mol. The van der Waals surface area contributed by atoms with Gasteiger partial charge in [-0.1, -0.05) is 6.92 Å². The molecule has 0 bridgehead atoms. The highest BCUT2D eigenvalue weighted by Crippen LogP contribution is 2.18. The summed E-state index contributed by atoms with van der Waals surface area (Å²) in [5.74, 6) is 0. The number of nitrogens with one attached hydrogen (secondary N) is 1. The van der Waals surface area contributed by atoms with Gasteiger partial charge in [-0.15, -0.1) is 0 Å². The largest absolute Gasteiger partial charge is 0.379 e. The molecule has 2 unspecified atom stereocenters. The lowest BCUT2D eigenvalue weighted by atomic mass is 10.0. The summed E-state index contributed by atoms with van der Waals surface area (Å²) in [6, 6.07) is 0.548. The van der Waals surface area contributed by atoms with Crippen LogP contribution in [0.4, 0.5) is 0 Å². The second-order valence-corrected chi connectivity index (χ2v) is 4.83. The molecule has 0 amide bonds. The van der Waals surface area contributed by atoms with Crippen LogP contribution in [0.15, 0.2) is 0 Å². The van der Waals surface area contributed by atoms with E-state index in [2.05, 4.69) is 26.1 Å². The highest BCUT2D eigenvalue weighted by molar-refractivity contribution is 4.74. The molecule has 1 N–H and O–H groups in total. The number of rotatable bonds is 8. The van der Waals surface area contributed by atoms with Crippen molar-refractivity contribution in [3.8, 4) is 0 Å². The fourth-order valence-corrected chi connectivity index (χ4v) is 2.19. The Morgan fingerprint density at radius 3 is 2.81 bits per heavy atom. The van der Waals surface area contributed by atoms with Crippen LogP contribution in [0.3, 0.4) is 0 Å². The van der Waals surface area contributed by atoms with Crippen molar-refractivity contribution in [2.45, 2.75) is 64.7 Å². The molecule has 0 radical (unpaired) electrons. The molecule has 3 heteroatoms. The Balaban J connectivity index is 2.17. The second kappa shape index (κ2) is 8.04. The molecule has 1 fully saturated rings.